The summed E-state index contributed by atoms with van der Waals surface area (Å²) in [7, 11) is 0. The van der Waals surface area contributed by atoms with Gasteiger partial charge in [-0.2, -0.15) is 0 Å². The zero-order valence-corrected chi connectivity index (χ0v) is 12.6. The molecule has 0 aromatic heterocycles. The quantitative estimate of drug-likeness (QED) is 0.534. The predicted molar refractivity (Wildman–Crippen MR) is 76.4 cm³/mol. The maximum Gasteiger partial charge on any atom is 0.245 e. The standard InChI is InChI=1S/C16H20N2O4/c1-9(14(19)17-4-6-22-7-5-17)18-15(20)12-10-2-3-11(8-10)13(12)16(18)21/h2-3,9-13H,4-8H2,1H3/t9-,10+,11+,12-,13+/m1/s1. The van der Waals surface area contributed by atoms with Crippen LogP contribution >= 0.6 is 0 Å². The Morgan fingerprint density at radius 1 is 1.14 bits per heavy atom. The van der Waals surface area contributed by atoms with Gasteiger partial charge >= 0.3 is 0 Å². The number of allylic oxidation sites excluding steroid dienone is 2. The van der Waals surface area contributed by atoms with Crippen molar-refractivity contribution in [1.29, 1.82) is 0 Å². The van der Waals surface area contributed by atoms with E-state index >= 15 is 0 Å². The number of imide groups is 1. The summed E-state index contributed by atoms with van der Waals surface area (Å²) in [5.41, 5.74) is 0. The maximum absolute atomic E-state index is 12.7. The first-order valence-electron chi connectivity index (χ1n) is 8.01. The van der Waals surface area contributed by atoms with Crippen LogP contribution in [0.3, 0.4) is 0 Å². The third kappa shape index (κ3) is 1.79. The van der Waals surface area contributed by atoms with Crippen LogP contribution in [0.4, 0.5) is 0 Å². The van der Waals surface area contributed by atoms with E-state index in [1.807, 2.05) is 0 Å². The lowest BCUT2D eigenvalue weighted by atomic mass is 9.85. The summed E-state index contributed by atoms with van der Waals surface area (Å²) in [6.07, 6.45) is 5.04. The van der Waals surface area contributed by atoms with E-state index in [2.05, 4.69) is 12.2 Å². The molecule has 0 aromatic carbocycles. The van der Waals surface area contributed by atoms with Crippen molar-refractivity contribution in [2.75, 3.05) is 26.3 Å². The van der Waals surface area contributed by atoms with Gasteiger partial charge in [0.15, 0.2) is 0 Å². The molecule has 2 heterocycles. The number of ether oxygens (including phenoxy) is 1. The van der Waals surface area contributed by atoms with Crippen molar-refractivity contribution >= 4 is 17.7 Å². The molecule has 1 saturated carbocycles. The Balaban J connectivity index is 1.54. The number of rotatable bonds is 2. The van der Waals surface area contributed by atoms with E-state index in [9.17, 15) is 14.4 Å². The molecule has 4 aliphatic rings. The van der Waals surface area contributed by atoms with Crippen LogP contribution < -0.4 is 0 Å². The molecule has 6 heteroatoms. The average Bonchev–Trinajstić information content (AvgIpc) is 3.21. The molecule has 0 unspecified atom stereocenters. The van der Waals surface area contributed by atoms with E-state index in [-0.39, 0.29) is 41.4 Å². The minimum Gasteiger partial charge on any atom is -0.378 e. The van der Waals surface area contributed by atoms with Crippen LogP contribution in [0.5, 0.6) is 0 Å². The lowest BCUT2D eigenvalue weighted by Crippen LogP contribution is -2.52. The van der Waals surface area contributed by atoms with Crippen LogP contribution in [-0.2, 0) is 19.1 Å². The molecule has 2 aliphatic carbocycles. The molecule has 118 valence electrons. The van der Waals surface area contributed by atoms with Gasteiger partial charge in [-0.1, -0.05) is 12.2 Å². The largest absolute Gasteiger partial charge is 0.378 e. The topological polar surface area (TPSA) is 66.9 Å². The Kier molecular flexibility index (Phi) is 3.11. The number of morpholine rings is 1. The number of carbonyl (C=O) groups is 3. The van der Waals surface area contributed by atoms with Crippen LogP contribution in [0.1, 0.15) is 13.3 Å². The fourth-order valence-corrected chi connectivity index (χ4v) is 4.47. The zero-order chi connectivity index (χ0) is 15.4. The molecule has 2 bridgehead atoms. The Labute approximate surface area is 129 Å². The van der Waals surface area contributed by atoms with E-state index in [0.717, 1.165) is 6.42 Å². The Bertz CT molecular complexity index is 536. The number of likely N-dealkylation sites (tertiary alicyclic amines) is 1. The average molecular weight is 304 g/mol. The van der Waals surface area contributed by atoms with E-state index in [1.165, 1.54) is 4.90 Å². The molecule has 3 fully saturated rings. The second-order valence-corrected chi connectivity index (χ2v) is 6.66. The van der Waals surface area contributed by atoms with Crippen molar-refractivity contribution in [1.82, 2.24) is 9.80 Å². The van der Waals surface area contributed by atoms with E-state index in [0.29, 0.717) is 26.3 Å². The lowest BCUT2D eigenvalue weighted by molar-refractivity contribution is -0.153. The molecule has 2 aliphatic heterocycles. The number of carbonyl (C=O) groups excluding carboxylic acids is 3. The normalized spacial score (nSPS) is 37.9. The van der Waals surface area contributed by atoms with Crippen molar-refractivity contribution in [2.45, 2.75) is 19.4 Å². The number of fused-ring (bicyclic) bond motifs is 5. The predicted octanol–water partition coefficient (Wildman–Crippen LogP) is 0.0408. The van der Waals surface area contributed by atoms with Crippen molar-refractivity contribution in [3.05, 3.63) is 12.2 Å². The fraction of sp³-hybridized carbons (Fsp3) is 0.688. The van der Waals surface area contributed by atoms with Crippen molar-refractivity contribution in [3.8, 4) is 0 Å². The number of hydrogen-bond donors (Lipinski definition) is 0. The fourth-order valence-electron chi connectivity index (χ4n) is 4.47. The first-order valence-corrected chi connectivity index (χ1v) is 8.01. The summed E-state index contributed by atoms with van der Waals surface area (Å²) in [5.74, 6) is -0.554. The van der Waals surface area contributed by atoms with Gasteiger partial charge in [-0.3, -0.25) is 19.3 Å². The molecule has 2 saturated heterocycles. The summed E-state index contributed by atoms with van der Waals surface area (Å²) in [5, 5.41) is 0. The lowest BCUT2D eigenvalue weighted by Gasteiger charge is -2.32. The van der Waals surface area contributed by atoms with E-state index in [1.54, 1.807) is 11.8 Å². The van der Waals surface area contributed by atoms with Crippen LogP contribution in [0.15, 0.2) is 12.2 Å². The highest BCUT2D eigenvalue weighted by Gasteiger charge is 2.60. The van der Waals surface area contributed by atoms with Crippen LogP contribution in [0.25, 0.3) is 0 Å². The Hall–Kier alpha value is -1.69. The van der Waals surface area contributed by atoms with Gasteiger partial charge in [0.2, 0.25) is 17.7 Å². The molecule has 0 aromatic rings. The van der Waals surface area contributed by atoms with Gasteiger partial charge in [0.1, 0.15) is 6.04 Å². The smallest absolute Gasteiger partial charge is 0.245 e. The first-order chi connectivity index (χ1) is 10.6. The van der Waals surface area contributed by atoms with Gasteiger partial charge in [-0.15, -0.1) is 0 Å². The number of nitrogens with zero attached hydrogens (tertiary/aromatic N) is 2. The molecule has 0 radical (unpaired) electrons. The van der Waals surface area contributed by atoms with Gasteiger partial charge < -0.3 is 9.64 Å². The zero-order valence-electron chi connectivity index (χ0n) is 12.6. The van der Waals surface area contributed by atoms with Crippen molar-refractivity contribution < 1.29 is 19.1 Å². The van der Waals surface area contributed by atoms with Gasteiger partial charge in [0.25, 0.3) is 0 Å². The van der Waals surface area contributed by atoms with Gasteiger partial charge in [0, 0.05) is 13.1 Å². The van der Waals surface area contributed by atoms with Gasteiger partial charge in [-0.05, 0) is 25.2 Å². The molecule has 6 nitrogen and oxygen atoms in total. The highest BCUT2D eigenvalue weighted by molar-refractivity contribution is 6.09. The second-order valence-electron chi connectivity index (χ2n) is 6.66. The third-order valence-corrected chi connectivity index (χ3v) is 5.57. The van der Waals surface area contributed by atoms with E-state index in [4.69, 9.17) is 4.74 Å². The molecular formula is C16H20N2O4. The van der Waals surface area contributed by atoms with Gasteiger partial charge in [-0.25, -0.2) is 0 Å². The van der Waals surface area contributed by atoms with Crippen molar-refractivity contribution in [3.63, 3.8) is 0 Å². The highest BCUT2D eigenvalue weighted by atomic mass is 16.5. The first kappa shape index (κ1) is 13.9. The molecular weight excluding hydrogens is 284 g/mol. The summed E-state index contributed by atoms with van der Waals surface area (Å²) in [4.78, 5) is 40.9. The number of hydrogen-bond acceptors (Lipinski definition) is 4. The minimum absolute atomic E-state index is 0.148. The summed E-state index contributed by atoms with van der Waals surface area (Å²) in [6, 6.07) is -0.705. The van der Waals surface area contributed by atoms with Crippen molar-refractivity contribution in [2.24, 2.45) is 23.7 Å². The summed E-state index contributed by atoms with van der Waals surface area (Å²) < 4.78 is 5.24. The highest BCUT2D eigenvalue weighted by Crippen LogP contribution is 2.52. The third-order valence-electron chi connectivity index (χ3n) is 5.57. The molecule has 4 rings (SSSR count). The molecule has 0 spiro atoms. The van der Waals surface area contributed by atoms with Crippen LogP contribution in [0.2, 0.25) is 0 Å². The van der Waals surface area contributed by atoms with Crippen LogP contribution in [-0.4, -0.2) is 59.9 Å². The Morgan fingerprint density at radius 3 is 2.23 bits per heavy atom. The monoisotopic (exact) mass is 304 g/mol. The van der Waals surface area contributed by atoms with Gasteiger partial charge in [0.05, 0.1) is 25.0 Å². The molecule has 0 N–H and O–H groups in total. The SMILES string of the molecule is C[C@H](C(=O)N1CCOCC1)N1C(=O)[C@@H]2[C@H](C1=O)[C@H]1C=C[C@H]2C1. The molecule has 5 atom stereocenters. The van der Waals surface area contributed by atoms with E-state index < -0.39 is 6.04 Å². The second kappa shape index (κ2) is 4.91. The number of amides is 3. The molecule has 3 amide bonds. The molecule has 22 heavy (non-hydrogen) atoms. The summed E-state index contributed by atoms with van der Waals surface area (Å²) >= 11 is 0. The van der Waals surface area contributed by atoms with Crippen LogP contribution in [0, 0.1) is 23.7 Å². The Morgan fingerprint density at radius 2 is 1.68 bits per heavy atom. The maximum atomic E-state index is 12.7. The summed E-state index contributed by atoms with van der Waals surface area (Å²) in [6.45, 7) is 3.75. The minimum atomic E-state index is -0.705.